The quantitative estimate of drug-likeness (QED) is 0.159. The van der Waals surface area contributed by atoms with E-state index in [1.807, 2.05) is 34.0 Å². The maximum absolute atomic E-state index is 5.66. The molecule has 4 heterocycles. The molecule has 4 aromatic heterocycles. The van der Waals surface area contributed by atoms with Crippen LogP contribution in [-0.2, 0) is 0 Å². The summed E-state index contributed by atoms with van der Waals surface area (Å²) in [6, 6.07) is 84.0. The minimum absolute atomic E-state index is 0.686. The van der Waals surface area contributed by atoms with Crippen LogP contribution in [0.1, 0.15) is 0 Å². The fraction of sp³-hybridized carbons (Fsp3) is 0. The number of thiophene rings is 3. The van der Waals surface area contributed by atoms with E-state index in [1.54, 1.807) is 0 Å². The molecule has 0 fully saturated rings. The average Bonchev–Trinajstić information content (AvgIpc) is 4.13. The smallest absolute Gasteiger partial charge is 0.160 e. The lowest BCUT2D eigenvalue weighted by molar-refractivity contribution is 1.18. The molecule has 10 aromatic carbocycles. The Morgan fingerprint density at radius 1 is 0.246 bits per heavy atom. The number of benzene rings is 10. The standard InChI is InChI=1S/C64H38N2S3/c1-3-16-39(17-4-1)40-32-34-41(35-33-40)55-38-56(66-64(65-55)42-18-5-2-6-19-42)60-53(51-27-14-25-49-46-21-8-11-30-58(46)68-62(49)51)36-43(44-23-13-24-48-45-20-7-10-29-57(45)67-61(44)48)37-54(60)52-28-15-26-50-47-22-9-12-31-59(47)69-63(50)52/h1-38H. The first-order chi connectivity index (χ1) is 34.2. The fourth-order valence-corrected chi connectivity index (χ4v) is 14.0. The topological polar surface area (TPSA) is 25.8 Å². The molecular formula is C64H38N2S3. The van der Waals surface area contributed by atoms with Crippen molar-refractivity contribution in [1.82, 2.24) is 9.97 Å². The normalized spacial score (nSPS) is 11.8. The second kappa shape index (κ2) is 16.3. The van der Waals surface area contributed by atoms with Crippen LogP contribution in [0.25, 0.3) is 139 Å². The minimum atomic E-state index is 0.686. The van der Waals surface area contributed by atoms with Gasteiger partial charge >= 0.3 is 0 Å². The van der Waals surface area contributed by atoms with Gasteiger partial charge in [0.25, 0.3) is 0 Å². The molecule has 0 amide bonds. The first kappa shape index (κ1) is 40.0. The van der Waals surface area contributed by atoms with E-state index < -0.39 is 0 Å². The highest BCUT2D eigenvalue weighted by Gasteiger charge is 2.25. The first-order valence-corrected chi connectivity index (χ1v) is 25.7. The van der Waals surface area contributed by atoms with Gasteiger partial charge in [-0.25, -0.2) is 9.97 Å². The van der Waals surface area contributed by atoms with Gasteiger partial charge in [-0.3, -0.25) is 0 Å². The van der Waals surface area contributed by atoms with Crippen molar-refractivity contribution in [2.45, 2.75) is 0 Å². The predicted octanol–water partition coefficient (Wildman–Crippen LogP) is 19.2. The lowest BCUT2D eigenvalue weighted by atomic mass is 9.85. The van der Waals surface area contributed by atoms with Crippen molar-refractivity contribution in [3.8, 4) is 78.4 Å². The lowest BCUT2D eigenvalue weighted by Gasteiger charge is -2.20. The van der Waals surface area contributed by atoms with E-state index >= 15 is 0 Å². The second-order valence-corrected chi connectivity index (χ2v) is 20.7. The fourth-order valence-electron chi connectivity index (χ4n) is 10.3. The van der Waals surface area contributed by atoms with E-state index in [-0.39, 0.29) is 0 Å². The van der Waals surface area contributed by atoms with Crippen LogP contribution >= 0.6 is 34.0 Å². The molecule has 0 N–H and O–H groups in total. The summed E-state index contributed by atoms with van der Waals surface area (Å²) in [6.45, 7) is 0. The Hall–Kier alpha value is -8.06. The molecule has 2 nitrogen and oxygen atoms in total. The van der Waals surface area contributed by atoms with Gasteiger partial charge in [0.2, 0.25) is 0 Å². The Balaban J connectivity index is 1.12. The second-order valence-electron chi connectivity index (χ2n) is 17.6. The van der Waals surface area contributed by atoms with Gasteiger partial charge in [-0.2, -0.15) is 0 Å². The maximum atomic E-state index is 5.66. The van der Waals surface area contributed by atoms with Crippen LogP contribution in [0.5, 0.6) is 0 Å². The zero-order valence-electron chi connectivity index (χ0n) is 37.1. The summed E-state index contributed by atoms with van der Waals surface area (Å²) in [4.78, 5) is 11.0. The van der Waals surface area contributed by atoms with Crippen LogP contribution in [0.15, 0.2) is 231 Å². The number of fused-ring (bicyclic) bond motifs is 9. The molecule has 14 rings (SSSR count). The Bertz CT molecular complexity index is 4160. The van der Waals surface area contributed by atoms with Gasteiger partial charge in [-0.1, -0.05) is 194 Å². The van der Waals surface area contributed by atoms with Crippen LogP contribution < -0.4 is 0 Å². The molecule has 0 bridgehead atoms. The molecule has 14 aromatic rings. The van der Waals surface area contributed by atoms with Gasteiger partial charge in [-0.05, 0) is 69.8 Å². The number of nitrogens with zero attached hydrogens (tertiary/aromatic N) is 2. The molecule has 0 aliphatic rings. The van der Waals surface area contributed by atoms with E-state index in [4.69, 9.17) is 9.97 Å². The third-order valence-corrected chi connectivity index (χ3v) is 17.2. The van der Waals surface area contributed by atoms with Crippen LogP contribution in [-0.4, -0.2) is 9.97 Å². The molecule has 0 saturated carbocycles. The highest BCUT2D eigenvalue weighted by atomic mass is 32.1. The third-order valence-electron chi connectivity index (χ3n) is 13.5. The van der Waals surface area contributed by atoms with Crippen LogP contribution in [0.2, 0.25) is 0 Å². The number of rotatable bonds is 7. The molecule has 0 spiro atoms. The van der Waals surface area contributed by atoms with Gasteiger partial charge in [0.05, 0.1) is 11.4 Å². The van der Waals surface area contributed by atoms with Gasteiger partial charge in [0.1, 0.15) is 0 Å². The predicted molar refractivity (Wildman–Crippen MR) is 299 cm³/mol. The van der Waals surface area contributed by atoms with Crippen LogP contribution in [0.4, 0.5) is 0 Å². The summed E-state index contributed by atoms with van der Waals surface area (Å²) in [5, 5.41) is 7.64. The third kappa shape index (κ3) is 6.73. The van der Waals surface area contributed by atoms with Gasteiger partial charge in [0.15, 0.2) is 5.82 Å². The highest BCUT2D eigenvalue weighted by Crippen LogP contribution is 2.51. The van der Waals surface area contributed by atoms with Gasteiger partial charge < -0.3 is 0 Å². The summed E-state index contributed by atoms with van der Waals surface area (Å²) < 4.78 is 7.66. The molecule has 5 heteroatoms. The van der Waals surface area contributed by atoms with Crippen molar-refractivity contribution in [3.63, 3.8) is 0 Å². The zero-order valence-corrected chi connectivity index (χ0v) is 39.5. The van der Waals surface area contributed by atoms with Crippen molar-refractivity contribution in [3.05, 3.63) is 231 Å². The highest BCUT2D eigenvalue weighted by molar-refractivity contribution is 7.27. The van der Waals surface area contributed by atoms with E-state index in [1.165, 1.54) is 93.9 Å². The summed E-state index contributed by atoms with van der Waals surface area (Å²) in [5.74, 6) is 0.686. The van der Waals surface area contributed by atoms with Gasteiger partial charge in [0, 0.05) is 88.3 Å². The van der Waals surface area contributed by atoms with Crippen molar-refractivity contribution in [2.24, 2.45) is 0 Å². The van der Waals surface area contributed by atoms with Crippen LogP contribution in [0.3, 0.4) is 0 Å². The Labute approximate surface area is 410 Å². The van der Waals surface area contributed by atoms with Crippen molar-refractivity contribution < 1.29 is 0 Å². The monoisotopic (exact) mass is 930 g/mol. The Morgan fingerprint density at radius 3 is 1.16 bits per heavy atom. The molecular weight excluding hydrogens is 893 g/mol. The summed E-state index contributed by atoms with van der Waals surface area (Å²) >= 11 is 5.62. The van der Waals surface area contributed by atoms with Crippen molar-refractivity contribution in [2.75, 3.05) is 0 Å². The number of aromatic nitrogens is 2. The molecule has 0 atom stereocenters. The Kier molecular flexibility index (Phi) is 9.47. The Morgan fingerprint density at radius 2 is 0.638 bits per heavy atom. The number of hydrogen-bond acceptors (Lipinski definition) is 5. The molecule has 0 saturated heterocycles. The van der Waals surface area contributed by atoms with E-state index in [9.17, 15) is 0 Å². The van der Waals surface area contributed by atoms with Crippen molar-refractivity contribution in [1.29, 1.82) is 0 Å². The first-order valence-electron chi connectivity index (χ1n) is 23.2. The lowest BCUT2D eigenvalue weighted by Crippen LogP contribution is -2.00. The molecule has 0 unspecified atom stereocenters. The van der Waals surface area contributed by atoms with E-state index in [0.29, 0.717) is 5.82 Å². The number of hydrogen-bond donors (Lipinski definition) is 0. The summed E-state index contributed by atoms with van der Waals surface area (Å²) in [6.07, 6.45) is 0. The summed E-state index contributed by atoms with van der Waals surface area (Å²) in [7, 11) is 0. The minimum Gasteiger partial charge on any atom is -0.228 e. The largest absolute Gasteiger partial charge is 0.228 e. The van der Waals surface area contributed by atoms with E-state index in [2.05, 4.69) is 231 Å². The zero-order chi connectivity index (χ0) is 45.4. The maximum Gasteiger partial charge on any atom is 0.160 e. The SMILES string of the molecule is c1ccc(-c2ccc(-c3cc(-c4c(-c5cccc6c5sc5ccccc56)cc(-c5cccc6c5sc5ccccc56)cc4-c4cccc5c4sc4ccccc45)nc(-c4ccccc4)n3)cc2)cc1. The molecule has 69 heavy (non-hydrogen) atoms. The van der Waals surface area contributed by atoms with Gasteiger partial charge in [-0.15, -0.1) is 34.0 Å². The van der Waals surface area contributed by atoms with Crippen molar-refractivity contribution >= 4 is 94.5 Å². The summed E-state index contributed by atoms with van der Waals surface area (Å²) in [5.41, 5.74) is 14.2. The molecule has 0 aliphatic heterocycles. The molecule has 0 radical (unpaired) electrons. The van der Waals surface area contributed by atoms with E-state index in [0.717, 1.165) is 39.2 Å². The van der Waals surface area contributed by atoms with Crippen LogP contribution in [0, 0.1) is 0 Å². The molecule has 322 valence electrons. The molecule has 0 aliphatic carbocycles. The average molecular weight is 931 g/mol.